The van der Waals surface area contributed by atoms with E-state index in [4.69, 9.17) is 5.11 Å². The number of carbonyl (C=O) groups is 1. The Morgan fingerprint density at radius 2 is 1.70 bits per heavy atom. The summed E-state index contributed by atoms with van der Waals surface area (Å²) in [7, 11) is 0. The van der Waals surface area contributed by atoms with Crippen molar-refractivity contribution in [2.45, 2.75) is 13.0 Å². The number of phenolic OH excluding ortho intramolecular Hbond substituents is 2. The summed E-state index contributed by atoms with van der Waals surface area (Å²) in [5, 5.41) is 28.9. The lowest BCUT2D eigenvalue weighted by molar-refractivity contribution is -0.136. The third-order valence-corrected chi connectivity index (χ3v) is 4.59. The number of hydrogen-bond acceptors (Lipinski definition) is 3. The van der Waals surface area contributed by atoms with E-state index in [1.165, 1.54) is 0 Å². The van der Waals surface area contributed by atoms with Gasteiger partial charge in [-0.15, -0.1) is 0 Å². The highest BCUT2D eigenvalue weighted by Gasteiger charge is 2.18. The first kappa shape index (κ1) is 15.4. The molecule has 0 fully saturated rings. The molecule has 1 heterocycles. The molecule has 0 atom stereocenters. The summed E-state index contributed by atoms with van der Waals surface area (Å²) in [5.74, 6) is -0.641. The van der Waals surface area contributed by atoms with Crippen LogP contribution in [0.3, 0.4) is 0 Å². The van der Waals surface area contributed by atoms with Gasteiger partial charge in [0.15, 0.2) is 0 Å². The van der Waals surface area contributed by atoms with Crippen LogP contribution < -0.4 is 0 Å². The predicted molar refractivity (Wildman–Crippen MR) is 89.9 cm³/mol. The Balaban J connectivity index is 2.14. The van der Waals surface area contributed by atoms with Gasteiger partial charge in [-0.25, -0.2) is 0 Å². The first-order chi connectivity index (χ1) is 11.0. The van der Waals surface area contributed by atoms with Gasteiger partial charge < -0.3 is 19.9 Å². The number of carboxylic acid groups (broad SMARTS) is 1. The van der Waals surface area contributed by atoms with E-state index in [1.54, 1.807) is 30.3 Å². The number of carboxylic acids is 1. The number of nitrogens with zero attached hydrogens (tertiary/aromatic N) is 1. The van der Waals surface area contributed by atoms with Gasteiger partial charge in [0.1, 0.15) is 11.5 Å². The zero-order valence-electron chi connectivity index (χ0n) is 12.0. The molecule has 5 nitrogen and oxygen atoms in total. The summed E-state index contributed by atoms with van der Waals surface area (Å²) in [6, 6.07) is 11.8. The lowest BCUT2D eigenvalue weighted by Gasteiger charge is -2.08. The summed E-state index contributed by atoms with van der Waals surface area (Å²) in [5.41, 5.74) is 2.43. The van der Waals surface area contributed by atoms with Crippen LogP contribution in [0, 0.1) is 0 Å². The Morgan fingerprint density at radius 1 is 1.04 bits per heavy atom. The molecule has 0 spiro atoms. The molecule has 0 radical (unpaired) electrons. The molecule has 3 rings (SSSR count). The fraction of sp³-hybridized carbons (Fsp3) is 0.118. The van der Waals surface area contributed by atoms with Crippen LogP contribution in [0.5, 0.6) is 11.5 Å². The maximum atomic E-state index is 11.1. The maximum absolute atomic E-state index is 11.1. The van der Waals surface area contributed by atoms with E-state index in [0.717, 1.165) is 11.1 Å². The summed E-state index contributed by atoms with van der Waals surface area (Å²) in [4.78, 5) is 11.1. The third kappa shape index (κ3) is 3.03. The molecule has 2 aromatic carbocycles. The second kappa shape index (κ2) is 5.96. The molecule has 0 aliphatic carbocycles. The molecule has 0 aliphatic rings. The van der Waals surface area contributed by atoms with Crippen molar-refractivity contribution in [3.8, 4) is 11.5 Å². The number of phenols is 2. The molecule has 6 heteroatoms. The summed E-state index contributed by atoms with van der Waals surface area (Å²) in [6.45, 7) is 0.516. The molecular weight excluding hydrogens is 362 g/mol. The zero-order valence-corrected chi connectivity index (χ0v) is 13.6. The standard InChI is InChI=1S/C17H14BrNO4/c18-17-14(8-16(22)23)13-7-12(21)5-6-15(13)19(17)9-10-1-3-11(20)4-2-10/h1-7,20-21H,8-9H2,(H,22,23). The van der Waals surface area contributed by atoms with Gasteiger partial charge in [-0.2, -0.15) is 0 Å². The van der Waals surface area contributed by atoms with E-state index in [1.807, 2.05) is 16.7 Å². The first-order valence-corrected chi connectivity index (χ1v) is 7.74. The van der Waals surface area contributed by atoms with Crippen molar-refractivity contribution in [1.29, 1.82) is 0 Å². The topological polar surface area (TPSA) is 82.7 Å². The van der Waals surface area contributed by atoms with Gasteiger partial charge in [-0.1, -0.05) is 12.1 Å². The minimum Gasteiger partial charge on any atom is -0.508 e. The fourth-order valence-electron chi connectivity index (χ4n) is 2.64. The van der Waals surface area contributed by atoms with Gasteiger partial charge in [-0.3, -0.25) is 4.79 Å². The quantitative estimate of drug-likeness (QED) is 0.651. The number of benzene rings is 2. The van der Waals surface area contributed by atoms with Gasteiger partial charge in [-0.05, 0) is 51.8 Å². The van der Waals surface area contributed by atoms with Crippen molar-refractivity contribution in [3.05, 3.63) is 58.2 Å². The highest BCUT2D eigenvalue weighted by molar-refractivity contribution is 9.10. The predicted octanol–water partition coefficient (Wildman–Crippen LogP) is 3.49. The highest BCUT2D eigenvalue weighted by Crippen LogP contribution is 2.33. The van der Waals surface area contributed by atoms with Crippen LogP contribution in [0.15, 0.2) is 47.1 Å². The van der Waals surface area contributed by atoms with Gasteiger partial charge in [0.25, 0.3) is 0 Å². The molecule has 1 aromatic heterocycles. The Labute approximate surface area is 140 Å². The number of aromatic hydroxyl groups is 2. The fourth-order valence-corrected chi connectivity index (χ4v) is 3.31. The summed E-state index contributed by atoms with van der Waals surface area (Å²) < 4.78 is 2.62. The van der Waals surface area contributed by atoms with Crippen molar-refractivity contribution in [3.63, 3.8) is 0 Å². The number of hydrogen-bond donors (Lipinski definition) is 3. The average Bonchev–Trinajstić information content (AvgIpc) is 2.74. The molecule has 118 valence electrons. The molecule has 0 saturated heterocycles. The van der Waals surface area contributed by atoms with Crippen LogP contribution in [0.1, 0.15) is 11.1 Å². The van der Waals surface area contributed by atoms with Crippen molar-refractivity contribution >= 4 is 32.8 Å². The summed E-state index contributed by atoms with van der Waals surface area (Å²) in [6.07, 6.45) is -0.136. The molecule has 0 aliphatic heterocycles. The monoisotopic (exact) mass is 375 g/mol. The second-order valence-electron chi connectivity index (χ2n) is 5.29. The van der Waals surface area contributed by atoms with E-state index in [0.29, 0.717) is 22.1 Å². The van der Waals surface area contributed by atoms with Crippen LogP contribution in [0.2, 0.25) is 0 Å². The lowest BCUT2D eigenvalue weighted by Crippen LogP contribution is -2.02. The van der Waals surface area contributed by atoms with E-state index >= 15 is 0 Å². The van der Waals surface area contributed by atoms with E-state index in [2.05, 4.69) is 15.9 Å². The van der Waals surface area contributed by atoms with Crippen molar-refractivity contribution in [2.75, 3.05) is 0 Å². The Morgan fingerprint density at radius 3 is 2.35 bits per heavy atom. The lowest BCUT2D eigenvalue weighted by atomic mass is 10.1. The number of halogens is 1. The Kier molecular flexibility index (Phi) is 4.00. The zero-order chi connectivity index (χ0) is 16.6. The normalized spacial score (nSPS) is 11.0. The minimum atomic E-state index is -0.933. The van der Waals surface area contributed by atoms with Crippen molar-refractivity contribution in [1.82, 2.24) is 4.57 Å². The first-order valence-electron chi connectivity index (χ1n) is 6.95. The van der Waals surface area contributed by atoms with Crippen LogP contribution in [-0.4, -0.2) is 25.9 Å². The second-order valence-corrected chi connectivity index (χ2v) is 6.05. The number of fused-ring (bicyclic) bond motifs is 1. The largest absolute Gasteiger partial charge is 0.508 e. The van der Waals surface area contributed by atoms with E-state index in [9.17, 15) is 15.0 Å². The summed E-state index contributed by atoms with van der Waals surface area (Å²) >= 11 is 3.49. The molecule has 3 aromatic rings. The highest BCUT2D eigenvalue weighted by atomic mass is 79.9. The van der Waals surface area contributed by atoms with E-state index < -0.39 is 5.97 Å². The van der Waals surface area contributed by atoms with Gasteiger partial charge in [0, 0.05) is 23.0 Å². The van der Waals surface area contributed by atoms with Crippen LogP contribution >= 0.6 is 15.9 Å². The molecular formula is C17H14BrNO4. The van der Waals surface area contributed by atoms with E-state index in [-0.39, 0.29) is 17.9 Å². The number of rotatable bonds is 4. The average molecular weight is 376 g/mol. The SMILES string of the molecule is O=C(O)Cc1c(Br)n(Cc2ccc(O)cc2)c2ccc(O)cc12. The van der Waals surface area contributed by atoms with Gasteiger partial charge in [0.2, 0.25) is 0 Å². The smallest absolute Gasteiger partial charge is 0.307 e. The van der Waals surface area contributed by atoms with Gasteiger partial charge in [0.05, 0.1) is 11.0 Å². The number of aliphatic carboxylic acids is 1. The van der Waals surface area contributed by atoms with Gasteiger partial charge >= 0.3 is 5.97 Å². The molecule has 0 saturated carbocycles. The molecule has 3 N–H and O–H groups in total. The molecule has 0 bridgehead atoms. The van der Waals surface area contributed by atoms with Crippen molar-refractivity contribution in [2.24, 2.45) is 0 Å². The molecule has 0 amide bonds. The van der Waals surface area contributed by atoms with Crippen LogP contribution in [0.4, 0.5) is 0 Å². The van der Waals surface area contributed by atoms with Crippen molar-refractivity contribution < 1.29 is 20.1 Å². The maximum Gasteiger partial charge on any atom is 0.307 e. The molecule has 23 heavy (non-hydrogen) atoms. The minimum absolute atomic E-state index is 0.0958. The number of aromatic nitrogens is 1. The Bertz CT molecular complexity index is 884. The third-order valence-electron chi connectivity index (χ3n) is 3.69. The van der Waals surface area contributed by atoms with Crippen LogP contribution in [0.25, 0.3) is 10.9 Å². The van der Waals surface area contributed by atoms with Crippen LogP contribution in [-0.2, 0) is 17.8 Å². The molecule has 0 unspecified atom stereocenters. The Hall–Kier alpha value is -2.47.